The molecule has 33 heavy (non-hydrogen) atoms. The molecular weight excluding hydrogens is 446 g/mol. The van der Waals surface area contributed by atoms with Gasteiger partial charge in [-0.2, -0.15) is 5.10 Å². The Bertz CT molecular complexity index is 1230. The highest BCUT2D eigenvalue weighted by atomic mass is 32.2. The maximum absolute atomic E-state index is 13.2. The molecule has 0 aromatic carbocycles. The number of aryl methyl sites for hydroxylation is 2. The highest BCUT2D eigenvalue weighted by Gasteiger charge is 2.29. The maximum atomic E-state index is 13.2. The molecular formula is C21H27N7O4S. The van der Waals surface area contributed by atoms with E-state index in [9.17, 15) is 13.8 Å². The van der Waals surface area contributed by atoms with Crippen LogP contribution in [0.1, 0.15) is 42.3 Å². The summed E-state index contributed by atoms with van der Waals surface area (Å²) in [7, 11) is -3.58. The van der Waals surface area contributed by atoms with Crippen molar-refractivity contribution in [1.82, 2.24) is 20.1 Å². The Labute approximate surface area is 191 Å². The molecule has 12 heteroatoms. The van der Waals surface area contributed by atoms with E-state index in [-0.39, 0.29) is 22.6 Å². The first-order valence-electron chi connectivity index (χ1n) is 11.1. The molecule has 3 heterocycles. The lowest BCUT2D eigenvalue weighted by molar-refractivity contribution is -0.119. The number of pyridine rings is 1. The predicted molar refractivity (Wildman–Crippen MR) is 120 cm³/mol. The van der Waals surface area contributed by atoms with E-state index in [4.69, 9.17) is 14.9 Å². The van der Waals surface area contributed by atoms with Crippen molar-refractivity contribution in [3.8, 4) is 5.88 Å². The highest BCUT2D eigenvalue weighted by Crippen LogP contribution is 2.37. The number of nitrogens with one attached hydrogen (secondary N) is 2. The van der Waals surface area contributed by atoms with E-state index in [0.29, 0.717) is 19.7 Å². The van der Waals surface area contributed by atoms with Crippen LogP contribution in [0.4, 0.5) is 10.5 Å². The number of nitrogens with two attached hydrogens (primary N) is 1. The summed E-state index contributed by atoms with van der Waals surface area (Å²) >= 11 is 0. The molecule has 2 aromatic rings. The molecule has 0 saturated heterocycles. The Morgan fingerprint density at radius 3 is 2.61 bits per heavy atom. The molecule has 0 radical (unpaired) electrons. The molecule has 4 N–H and O–H groups in total. The second-order valence-corrected chi connectivity index (χ2v) is 10.5. The highest BCUT2D eigenvalue weighted by molar-refractivity contribution is 7.91. The molecule has 0 fully saturated rings. The fraction of sp³-hybridized carbons (Fsp3) is 0.524. The largest absolute Gasteiger partial charge is 0.476 e. The lowest BCUT2D eigenvalue weighted by Crippen LogP contribution is -2.36. The standard InChI is InChI=1S/C21H27N7O4S/c1-12(29)23-8-13-10-28-20(32-11-13)18(9-24-28)33(22,31)27-21(30)26-19-14-4-2-6-16(14)25-17-7-3-5-15(17)19/h9,13H,2-8,10-11H2,1H3,(H,23,29)(H3,22,25,26,27,30,31). The van der Waals surface area contributed by atoms with E-state index >= 15 is 0 Å². The van der Waals surface area contributed by atoms with Gasteiger partial charge in [-0.1, -0.05) is 0 Å². The van der Waals surface area contributed by atoms with Crippen molar-refractivity contribution in [3.63, 3.8) is 0 Å². The Hall–Kier alpha value is -2.99. The van der Waals surface area contributed by atoms with Gasteiger partial charge in [0.05, 0.1) is 25.0 Å². The third-order valence-corrected chi connectivity index (χ3v) is 7.65. The molecule has 176 valence electrons. The fourth-order valence-electron chi connectivity index (χ4n) is 4.78. The van der Waals surface area contributed by atoms with Gasteiger partial charge in [-0.15, -0.1) is 4.36 Å². The summed E-state index contributed by atoms with van der Waals surface area (Å²) in [6.07, 6.45) is 6.85. The number of fused-ring (bicyclic) bond motifs is 3. The van der Waals surface area contributed by atoms with Crippen LogP contribution in [0, 0.1) is 5.92 Å². The van der Waals surface area contributed by atoms with Crippen LogP contribution >= 0.6 is 0 Å². The minimum absolute atomic E-state index is 0.0131. The summed E-state index contributed by atoms with van der Waals surface area (Å²) in [5, 5.41) is 15.8. The number of carbonyl (C=O) groups is 2. The average molecular weight is 474 g/mol. The molecule has 5 rings (SSSR count). The van der Waals surface area contributed by atoms with E-state index in [1.165, 1.54) is 17.8 Å². The number of hydrogen-bond acceptors (Lipinski definition) is 6. The van der Waals surface area contributed by atoms with E-state index in [1.54, 1.807) is 0 Å². The number of aromatic nitrogens is 3. The zero-order chi connectivity index (χ0) is 23.2. The van der Waals surface area contributed by atoms with Crippen molar-refractivity contribution in [2.75, 3.05) is 18.5 Å². The fourth-order valence-corrected chi connectivity index (χ4v) is 5.78. The van der Waals surface area contributed by atoms with E-state index in [1.807, 2.05) is 0 Å². The van der Waals surface area contributed by atoms with Gasteiger partial charge in [-0.05, 0) is 49.7 Å². The van der Waals surface area contributed by atoms with Crippen LogP contribution in [-0.2, 0) is 46.9 Å². The van der Waals surface area contributed by atoms with Gasteiger partial charge in [0.1, 0.15) is 4.90 Å². The SMILES string of the molecule is CC(=O)NCC1COc2c(S(N)(=O)=NC(=O)Nc3c4c(nc5c3CCC5)CCC4)cnn2C1. The summed E-state index contributed by atoms with van der Waals surface area (Å²) in [4.78, 5) is 28.8. The van der Waals surface area contributed by atoms with Crippen molar-refractivity contribution in [2.24, 2.45) is 15.4 Å². The average Bonchev–Trinajstić information content (AvgIpc) is 3.50. The summed E-state index contributed by atoms with van der Waals surface area (Å²) in [6.45, 7) is 2.66. The summed E-state index contributed by atoms with van der Waals surface area (Å²) < 4.78 is 24.3. The topological polar surface area (TPSA) is 154 Å². The summed E-state index contributed by atoms with van der Waals surface area (Å²) in [5.41, 5.74) is 4.95. The van der Waals surface area contributed by atoms with Gasteiger partial charge >= 0.3 is 6.03 Å². The smallest absolute Gasteiger partial charge is 0.354 e. The number of ether oxygens (including phenoxy) is 1. The minimum Gasteiger partial charge on any atom is -0.476 e. The summed E-state index contributed by atoms with van der Waals surface area (Å²) in [6, 6.07) is -0.754. The van der Waals surface area contributed by atoms with Gasteiger partial charge in [0.2, 0.25) is 11.8 Å². The van der Waals surface area contributed by atoms with Crippen LogP contribution < -0.4 is 20.5 Å². The van der Waals surface area contributed by atoms with Gasteiger partial charge in [0.15, 0.2) is 9.92 Å². The van der Waals surface area contributed by atoms with Crippen molar-refractivity contribution in [1.29, 1.82) is 0 Å². The molecule has 3 aliphatic rings. The Kier molecular flexibility index (Phi) is 5.57. The number of amides is 3. The molecule has 3 amide bonds. The zero-order valence-corrected chi connectivity index (χ0v) is 19.2. The van der Waals surface area contributed by atoms with Crippen LogP contribution in [0.5, 0.6) is 5.88 Å². The quantitative estimate of drug-likeness (QED) is 0.609. The first-order valence-corrected chi connectivity index (χ1v) is 12.7. The maximum Gasteiger partial charge on any atom is 0.354 e. The monoisotopic (exact) mass is 473 g/mol. The predicted octanol–water partition coefficient (Wildman–Crippen LogP) is 1.33. The van der Waals surface area contributed by atoms with E-state index < -0.39 is 15.9 Å². The number of urea groups is 1. The number of nitrogens with zero attached hydrogens (tertiary/aromatic N) is 4. The molecule has 2 atom stereocenters. The first kappa shape index (κ1) is 21.8. The van der Waals surface area contributed by atoms with Crippen LogP contribution in [-0.4, -0.2) is 44.1 Å². The molecule has 11 nitrogen and oxygen atoms in total. The molecule has 0 spiro atoms. The minimum atomic E-state index is -3.58. The van der Waals surface area contributed by atoms with Gasteiger partial charge in [-0.3, -0.25) is 9.78 Å². The van der Waals surface area contributed by atoms with Crippen LogP contribution in [0.15, 0.2) is 15.5 Å². The Morgan fingerprint density at radius 2 is 1.94 bits per heavy atom. The zero-order valence-electron chi connectivity index (χ0n) is 18.4. The van der Waals surface area contributed by atoms with Crippen molar-refractivity contribution in [3.05, 3.63) is 28.7 Å². The van der Waals surface area contributed by atoms with Crippen molar-refractivity contribution >= 4 is 27.5 Å². The van der Waals surface area contributed by atoms with E-state index in [0.717, 1.165) is 66.7 Å². The second-order valence-electron chi connectivity index (χ2n) is 8.74. The number of hydrogen-bond donors (Lipinski definition) is 3. The lowest BCUT2D eigenvalue weighted by Gasteiger charge is -2.24. The summed E-state index contributed by atoms with van der Waals surface area (Å²) in [5.74, 6) is 0.130. The van der Waals surface area contributed by atoms with Gasteiger partial charge in [-0.25, -0.2) is 18.8 Å². The van der Waals surface area contributed by atoms with Crippen LogP contribution in [0.3, 0.4) is 0 Å². The van der Waals surface area contributed by atoms with Crippen LogP contribution in [0.25, 0.3) is 0 Å². The van der Waals surface area contributed by atoms with Gasteiger partial charge < -0.3 is 15.4 Å². The molecule has 0 saturated carbocycles. The number of rotatable bonds is 4. The van der Waals surface area contributed by atoms with Crippen molar-refractivity contribution < 1.29 is 18.5 Å². The molecule has 2 aliphatic carbocycles. The number of carbonyl (C=O) groups excluding carboxylic acids is 2. The normalized spacial score (nSPS) is 20.1. The number of anilines is 1. The van der Waals surface area contributed by atoms with E-state index in [2.05, 4.69) is 20.1 Å². The van der Waals surface area contributed by atoms with Crippen molar-refractivity contribution in [2.45, 2.75) is 56.9 Å². The third kappa shape index (κ3) is 4.20. The van der Waals surface area contributed by atoms with Crippen LogP contribution in [0.2, 0.25) is 0 Å². The second kappa shape index (κ2) is 8.41. The van der Waals surface area contributed by atoms with Gasteiger partial charge in [0.25, 0.3) is 0 Å². The Balaban J connectivity index is 1.38. The lowest BCUT2D eigenvalue weighted by atomic mass is 10.1. The first-order chi connectivity index (χ1) is 15.8. The van der Waals surface area contributed by atoms with Gasteiger partial charge in [0, 0.05) is 30.8 Å². The Morgan fingerprint density at radius 1 is 1.24 bits per heavy atom. The molecule has 2 unspecified atom stereocenters. The molecule has 1 aliphatic heterocycles. The third-order valence-electron chi connectivity index (χ3n) is 6.30. The molecule has 0 bridgehead atoms. The molecule has 2 aromatic heterocycles.